The Kier molecular flexibility index (Phi) is 3.28. The summed E-state index contributed by atoms with van der Waals surface area (Å²) in [6, 6.07) is 0. The van der Waals surface area contributed by atoms with Crippen molar-refractivity contribution in [1.29, 1.82) is 0 Å². The molecule has 0 spiro atoms. The van der Waals surface area contributed by atoms with Crippen LogP contribution in [0.4, 0.5) is 0 Å². The maximum Gasteiger partial charge on any atom is 0.302 e. The number of rotatable bonds is 1. The summed E-state index contributed by atoms with van der Waals surface area (Å²) in [7, 11) is 0. The van der Waals surface area contributed by atoms with Gasteiger partial charge < -0.3 is 9.64 Å². The van der Waals surface area contributed by atoms with Crippen LogP contribution in [0.15, 0.2) is 0 Å². The van der Waals surface area contributed by atoms with Crippen molar-refractivity contribution in [3.63, 3.8) is 0 Å². The van der Waals surface area contributed by atoms with E-state index in [1.807, 2.05) is 0 Å². The smallest absolute Gasteiger partial charge is 0.302 e. The maximum atomic E-state index is 10.9. The first-order valence-corrected chi connectivity index (χ1v) is 4.52. The molecular formula is C9H15NO3. The number of ether oxygens (including phenoxy) is 1. The second-order valence-corrected chi connectivity index (χ2v) is 3.31. The summed E-state index contributed by atoms with van der Waals surface area (Å²) in [5.41, 5.74) is 0. The van der Waals surface area contributed by atoms with Crippen molar-refractivity contribution < 1.29 is 14.3 Å². The quantitative estimate of drug-likeness (QED) is 0.561. The normalized spacial score (nSPS) is 18.5. The summed E-state index contributed by atoms with van der Waals surface area (Å²) >= 11 is 0. The Labute approximate surface area is 77.8 Å². The van der Waals surface area contributed by atoms with E-state index in [1.54, 1.807) is 11.8 Å². The van der Waals surface area contributed by atoms with Crippen LogP contribution in [0.2, 0.25) is 0 Å². The molecule has 4 heteroatoms. The Morgan fingerprint density at radius 3 is 2.15 bits per heavy atom. The predicted molar refractivity (Wildman–Crippen MR) is 47.0 cm³/mol. The Hall–Kier alpha value is -1.06. The number of esters is 1. The second kappa shape index (κ2) is 4.25. The van der Waals surface area contributed by atoms with Crippen LogP contribution in [-0.2, 0) is 14.3 Å². The number of carbonyl (C=O) groups is 2. The zero-order chi connectivity index (χ0) is 9.84. The maximum absolute atomic E-state index is 10.9. The van der Waals surface area contributed by atoms with Crippen LogP contribution in [0, 0.1) is 0 Å². The number of likely N-dealkylation sites (tertiary alicyclic amines) is 1. The highest BCUT2D eigenvalue weighted by atomic mass is 16.5. The minimum Gasteiger partial charge on any atom is -0.462 e. The second-order valence-electron chi connectivity index (χ2n) is 3.31. The fraction of sp³-hybridized carbons (Fsp3) is 0.778. The molecular weight excluding hydrogens is 170 g/mol. The molecule has 1 heterocycles. The van der Waals surface area contributed by atoms with Gasteiger partial charge in [0.1, 0.15) is 6.10 Å². The molecule has 74 valence electrons. The van der Waals surface area contributed by atoms with Gasteiger partial charge in [0.25, 0.3) is 0 Å². The molecule has 1 aliphatic heterocycles. The molecule has 1 amide bonds. The van der Waals surface area contributed by atoms with Gasteiger partial charge in [-0.2, -0.15) is 0 Å². The number of piperidine rings is 1. The average Bonchev–Trinajstić information content (AvgIpc) is 2.04. The van der Waals surface area contributed by atoms with Gasteiger partial charge in [0.05, 0.1) is 0 Å². The lowest BCUT2D eigenvalue weighted by atomic mass is 10.1. The molecule has 1 aliphatic rings. The molecule has 1 rings (SSSR count). The van der Waals surface area contributed by atoms with Crippen molar-refractivity contribution >= 4 is 11.9 Å². The van der Waals surface area contributed by atoms with E-state index in [1.165, 1.54) is 6.92 Å². The summed E-state index contributed by atoms with van der Waals surface area (Å²) in [4.78, 5) is 23.3. The molecule has 0 aromatic rings. The van der Waals surface area contributed by atoms with Gasteiger partial charge in [-0.05, 0) is 0 Å². The van der Waals surface area contributed by atoms with Crippen LogP contribution in [0.5, 0.6) is 0 Å². The number of hydrogen-bond donors (Lipinski definition) is 0. The first-order chi connectivity index (χ1) is 6.09. The highest BCUT2D eigenvalue weighted by Gasteiger charge is 2.22. The van der Waals surface area contributed by atoms with Gasteiger partial charge in [0.2, 0.25) is 5.91 Å². The third-order valence-corrected chi connectivity index (χ3v) is 2.22. The highest BCUT2D eigenvalue weighted by molar-refractivity contribution is 5.73. The van der Waals surface area contributed by atoms with Gasteiger partial charge in [-0.1, -0.05) is 0 Å². The van der Waals surface area contributed by atoms with Crippen LogP contribution in [-0.4, -0.2) is 36.0 Å². The molecule has 1 saturated heterocycles. The van der Waals surface area contributed by atoms with Gasteiger partial charge in [0.15, 0.2) is 0 Å². The Balaban J connectivity index is 2.30. The van der Waals surface area contributed by atoms with Crippen molar-refractivity contribution in [2.75, 3.05) is 13.1 Å². The number of carbonyl (C=O) groups excluding carboxylic acids is 2. The van der Waals surface area contributed by atoms with E-state index in [4.69, 9.17) is 4.74 Å². The number of hydrogen-bond acceptors (Lipinski definition) is 3. The highest BCUT2D eigenvalue weighted by Crippen LogP contribution is 2.13. The van der Waals surface area contributed by atoms with Crippen LogP contribution in [0.1, 0.15) is 26.7 Å². The van der Waals surface area contributed by atoms with Gasteiger partial charge in [-0.15, -0.1) is 0 Å². The average molecular weight is 185 g/mol. The first-order valence-electron chi connectivity index (χ1n) is 4.52. The van der Waals surface area contributed by atoms with Gasteiger partial charge in [-0.25, -0.2) is 0 Å². The van der Waals surface area contributed by atoms with E-state index in [0.717, 1.165) is 12.8 Å². The van der Waals surface area contributed by atoms with E-state index in [-0.39, 0.29) is 18.0 Å². The SMILES string of the molecule is CC(=O)OC1CCN(C(C)=O)CC1. The van der Waals surface area contributed by atoms with E-state index in [9.17, 15) is 9.59 Å². The summed E-state index contributed by atoms with van der Waals surface area (Å²) in [5, 5.41) is 0. The van der Waals surface area contributed by atoms with Crippen LogP contribution in [0.25, 0.3) is 0 Å². The molecule has 0 N–H and O–H groups in total. The number of nitrogens with zero attached hydrogens (tertiary/aromatic N) is 1. The molecule has 0 aliphatic carbocycles. The van der Waals surface area contributed by atoms with Gasteiger partial charge >= 0.3 is 5.97 Å². The van der Waals surface area contributed by atoms with Crippen molar-refractivity contribution in [2.24, 2.45) is 0 Å². The van der Waals surface area contributed by atoms with Crippen LogP contribution in [0.3, 0.4) is 0 Å². The standard InChI is InChI=1S/C9H15NO3/c1-7(11)10-5-3-9(4-6-10)13-8(2)12/h9H,3-6H2,1-2H3. The van der Waals surface area contributed by atoms with Crippen LogP contribution < -0.4 is 0 Å². The molecule has 0 bridgehead atoms. The zero-order valence-electron chi connectivity index (χ0n) is 8.08. The third kappa shape index (κ3) is 3.05. The van der Waals surface area contributed by atoms with Crippen molar-refractivity contribution in [1.82, 2.24) is 4.90 Å². The predicted octanol–water partition coefficient (Wildman–Crippen LogP) is 0.560. The summed E-state index contributed by atoms with van der Waals surface area (Å²) in [6.07, 6.45) is 1.53. The van der Waals surface area contributed by atoms with Gasteiger partial charge in [-0.3, -0.25) is 9.59 Å². The largest absolute Gasteiger partial charge is 0.462 e. The van der Waals surface area contributed by atoms with Gasteiger partial charge in [0, 0.05) is 39.8 Å². The fourth-order valence-electron chi connectivity index (χ4n) is 1.52. The third-order valence-electron chi connectivity index (χ3n) is 2.22. The first kappa shape index (κ1) is 10.0. The lowest BCUT2D eigenvalue weighted by Crippen LogP contribution is -2.40. The van der Waals surface area contributed by atoms with E-state index >= 15 is 0 Å². The molecule has 13 heavy (non-hydrogen) atoms. The molecule has 0 unspecified atom stereocenters. The monoisotopic (exact) mass is 185 g/mol. The summed E-state index contributed by atoms with van der Waals surface area (Å²) in [6.45, 7) is 4.38. The summed E-state index contributed by atoms with van der Waals surface area (Å²) < 4.78 is 5.04. The minimum atomic E-state index is -0.235. The molecule has 0 aromatic heterocycles. The molecule has 0 aromatic carbocycles. The Morgan fingerprint density at radius 2 is 1.77 bits per heavy atom. The summed E-state index contributed by atoms with van der Waals surface area (Å²) in [5.74, 6) is -0.137. The fourth-order valence-corrected chi connectivity index (χ4v) is 1.52. The topological polar surface area (TPSA) is 46.6 Å². The van der Waals surface area contributed by atoms with Crippen molar-refractivity contribution in [3.8, 4) is 0 Å². The Bertz CT molecular complexity index is 207. The minimum absolute atomic E-state index is 0.00750. The van der Waals surface area contributed by atoms with E-state index in [2.05, 4.69) is 0 Å². The van der Waals surface area contributed by atoms with Crippen molar-refractivity contribution in [2.45, 2.75) is 32.8 Å². The van der Waals surface area contributed by atoms with Crippen molar-refractivity contribution in [3.05, 3.63) is 0 Å². The molecule has 4 nitrogen and oxygen atoms in total. The lowest BCUT2D eigenvalue weighted by Gasteiger charge is -2.30. The Morgan fingerprint density at radius 1 is 1.23 bits per heavy atom. The zero-order valence-corrected chi connectivity index (χ0v) is 8.08. The van der Waals surface area contributed by atoms with E-state index < -0.39 is 0 Å². The molecule has 0 atom stereocenters. The van der Waals surface area contributed by atoms with E-state index in [0.29, 0.717) is 13.1 Å². The van der Waals surface area contributed by atoms with Crippen LogP contribution >= 0.6 is 0 Å². The molecule has 0 radical (unpaired) electrons. The number of amides is 1. The molecule has 1 fully saturated rings. The molecule has 0 saturated carbocycles. The lowest BCUT2D eigenvalue weighted by molar-refractivity contribution is -0.149.